The molecule has 1 aromatic rings. The number of phenolic OH excluding ortho intramolecular Hbond substituents is 1. The number of hydrogen-bond donors (Lipinski definition) is 2. The minimum atomic E-state index is -1.34. The first kappa shape index (κ1) is 18.6. The highest BCUT2D eigenvalue weighted by Gasteiger charge is 2.81. The second-order valence-corrected chi connectivity index (χ2v) is 9.10. The van der Waals surface area contributed by atoms with Crippen molar-refractivity contribution in [1.29, 1.82) is 0 Å². The van der Waals surface area contributed by atoms with Crippen molar-refractivity contribution in [3.05, 3.63) is 47.1 Å². The molecule has 1 saturated heterocycles. The molecule has 2 heterocycles. The summed E-state index contributed by atoms with van der Waals surface area (Å²) in [6.07, 6.45) is 4.30. The first-order valence-electron chi connectivity index (χ1n) is 9.97. The first-order chi connectivity index (χ1) is 13.7. The molecular formula is C23H24O6. The van der Waals surface area contributed by atoms with Gasteiger partial charge in [0.1, 0.15) is 17.1 Å². The van der Waals surface area contributed by atoms with E-state index < -0.39 is 22.7 Å². The van der Waals surface area contributed by atoms with Crippen LogP contribution in [0, 0.1) is 11.8 Å². The van der Waals surface area contributed by atoms with E-state index in [1.165, 1.54) is 6.07 Å². The van der Waals surface area contributed by atoms with Gasteiger partial charge in [-0.2, -0.15) is 0 Å². The average Bonchev–Trinajstić information content (AvgIpc) is 2.83. The molecule has 0 radical (unpaired) electrons. The zero-order chi connectivity index (χ0) is 20.8. The van der Waals surface area contributed by atoms with Gasteiger partial charge in [0.2, 0.25) is 0 Å². The zero-order valence-corrected chi connectivity index (χ0v) is 16.7. The van der Waals surface area contributed by atoms with E-state index in [0.717, 1.165) is 5.57 Å². The molecule has 152 valence electrons. The lowest BCUT2D eigenvalue weighted by Gasteiger charge is -2.56. The molecule has 0 amide bonds. The van der Waals surface area contributed by atoms with E-state index >= 15 is 0 Å². The fraction of sp³-hybridized carbons (Fsp3) is 0.478. The van der Waals surface area contributed by atoms with Crippen LogP contribution in [-0.4, -0.2) is 45.2 Å². The van der Waals surface area contributed by atoms with Crippen molar-refractivity contribution in [3.63, 3.8) is 0 Å². The predicted octanol–water partition coefficient (Wildman–Crippen LogP) is 2.73. The van der Waals surface area contributed by atoms with Crippen LogP contribution in [0.25, 0.3) is 0 Å². The maximum Gasteiger partial charge on any atom is 0.200 e. The number of carbonyl (C=O) groups is 2. The first-order valence-corrected chi connectivity index (χ1v) is 9.97. The summed E-state index contributed by atoms with van der Waals surface area (Å²) in [5, 5.41) is 19.7. The van der Waals surface area contributed by atoms with E-state index in [0.29, 0.717) is 12.0 Å². The van der Waals surface area contributed by atoms with Gasteiger partial charge in [-0.25, -0.2) is 0 Å². The fourth-order valence-electron chi connectivity index (χ4n) is 5.85. The van der Waals surface area contributed by atoms with Crippen LogP contribution in [0.15, 0.2) is 41.5 Å². The summed E-state index contributed by atoms with van der Waals surface area (Å²) in [7, 11) is 0. The molecule has 29 heavy (non-hydrogen) atoms. The molecule has 1 saturated carbocycles. The zero-order valence-electron chi connectivity index (χ0n) is 16.7. The van der Waals surface area contributed by atoms with Crippen LogP contribution in [0.4, 0.5) is 0 Å². The third kappa shape index (κ3) is 2.03. The van der Waals surface area contributed by atoms with Crippen molar-refractivity contribution < 1.29 is 29.3 Å². The highest BCUT2D eigenvalue weighted by atomic mass is 16.6. The number of aliphatic hydroxyl groups is 1. The summed E-state index contributed by atoms with van der Waals surface area (Å²) in [5.74, 6) is -0.865. The van der Waals surface area contributed by atoms with Gasteiger partial charge >= 0.3 is 0 Å². The molecule has 6 heteroatoms. The highest BCUT2D eigenvalue weighted by molar-refractivity contribution is 6.18. The van der Waals surface area contributed by atoms with Gasteiger partial charge in [0, 0.05) is 23.8 Å². The molecule has 6 rings (SSSR count). The normalized spacial score (nSPS) is 36.4. The van der Waals surface area contributed by atoms with E-state index in [1.807, 2.05) is 13.8 Å². The minimum absolute atomic E-state index is 0.0820. The largest absolute Gasteiger partial charge is 0.507 e. The van der Waals surface area contributed by atoms with Crippen LogP contribution >= 0.6 is 0 Å². The van der Waals surface area contributed by atoms with Crippen molar-refractivity contribution in [1.82, 2.24) is 0 Å². The highest BCUT2D eigenvalue weighted by Crippen LogP contribution is 2.67. The van der Waals surface area contributed by atoms with Gasteiger partial charge < -0.3 is 19.7 Å². The monoisotopic (exact) mass is 396 g/mol. The summed E-state index contributed by atoms with van der Waals surface area (Å²) in [6, 6.07) is 4.74. The van der Waals surface area contributed by atoms with Gasteiger partial charge in [0.25, 0.3) is 0 Å². The smallest absolute Gasteiger partial charge is 0.200 e. The lowest BCUT2D eigenvalue weighted by molar-refractivity contribution is -0.171. The number of Topliss-reactive ketones (excluding diaryl/α,β-unsaturated/α-hetero) is 2. The topological polar surface area (TPSA) is 93.1 Å². The van der Waals surface area contributed by atoms with Gasteiger partial charge in [-0.05, 0) is 39.3 Å². The lowest BCUT2D eigenvalue weighted by Crippen LogP contribution is -2.72. The van der Waals surface area contributed by atoms with Crippen molar-refractivity contribution in [2.75, 3.05) is 6.61 Å². The summed E-state index contributed by atoms with van der Waals surface area (Å²) in [5.41, 5.74) is -2.00. The number of aromatic hydroxyl groups is 1. The maximum absolute atomic E-state index is 13.6. The van der Waals surface area contributed by atoms with Crippen molar-refractivity contribution in [3.8, 4) is 11.5 Å². The summed E-state index contributed by atoms with van der Waals surface area (Å²) in [6.45, 7) is 5.55. The Labute approximate surface area is 168 Å². The molecule has 0 aromatic heterocycles. The molecule has 2 fully saturated rings. The Bertz CT molecular complexity index is 1020. The molecule has 2 aliphatic heterocycles. The number of aliphatic hydroxyl groups excluding tert-OH is 1. The van der Waals surface area contributed by atoms with Crippen molar-refractivity contribution >= 4 is 11.6 Å². The third-order valence-corrected chi connectivity index (χ3v) is 7.09. The van der Waals surface area contributed by atoms with Gasteiger partial charge in [-0.3, -0.25) is 9.59 Å². The van der Waals surface area contributed by atoms with Gasteiger partial charge in [-0.1, -0.05) is 23.8 Å². The Balaban J connectivity index is 1.79. The third-order valence-electron chi connectivity index (χ3n) is 7.09. The molecule has 4 bridgehead atoms. The number of ether oxygens (including phenoxy) is 2. The van der Waals surface area contributed by atoms with Crippen LogP contribution < -0.4 is 4.74 Å². The fourth-order valence-corrected chi connectivity index (χ4v) is 5.85. The van der Waals surface area contributed by atoms with Crippen LogP contribution in [-0.2, 0) is 9.53 Å². The van der Waals surface area contributed by atoms with E-state index in [1.54, 1.807) is 31.2 Å². The molecule has 4 atom stereocenters. The Kier molecular flexibility index (Phi) is 3.58. The minimum Gasteiger partial charge on any atom is -0.507 e. The van der Waals surface area contributed by atoms with Crippen LogP contribution in [0.5, 0.6) is 11.5 Å². The van der Waals surface area contributed by atoms with Crippen molar-refractivity contribution in [2.24, 2.45) is 11.8 Å². The second kappa shape index (κ2) is 5.58. The number of phenols is 1. The standard InChI is InChI=1S/C23H24O6/c1-12(11-24)7-8-22-20(27)13-9-14-19(26)18-15(25)5-4-6-16(18)28-23(14,22)17(10-13)21(2,3)29-22/h4-7,9,13,17,24-25H,8,10-11H2,1-3H3. The number of rotatable bonds is 3. The lowest BCUT2D eigenvalue weighted by atomic mass is 9.51. The predicted molar refractivity (Wildman–Crippen MR) is 104 cm³/mol. The van der Waals surface area contributed by atoms with E-state index in [4.69, 9.17) is 9.47 Å². The number of hydrogen-bond acceptors (Lipinski definition) is 6. The van der Waals surface area contributed by atoms with Crippen LogP contribution in [0.3, 0.4) is 0 Å². The Morgan fingerprint density at radius 2 is 2.07 bits per heavy atom. The van der Waals surface area contributed by atoms with Crippen molar-refractivity contribution in [2.45, 2.75) is 50.4 Å². The SMILES string of the molecule is CC(=CCC12OC(C)(C)C3CC(C=C4C(=O)c5c(O)cccc5OC431)C2=O)CO. The quantitative estimate of drug-likeness (QED) is 0.763. The molecule has 5 aliphatic rings. The number of allylic oxidation sites excluding steroid dienone is 1. The molecule has 4 unspecified atom stereocenters. The van der Waals surface area contributed by atoms with Crippen LogP contribution in [0.2, 0.25) is 0 Å². The van der Waals surface area contributed by atoms with E-state index in [2.05, 4.69) is 0 Å². The summed E-state index contributed by atoms with van der Waals surface area (Å²) in [4.78, 5) is 27.1. The molecule has 1 spiro atoms. The number of fused-ring (bicyclic) bond motifs is 1. The Morgan fingerprint density at radius 3 is 2.79 bits per heavy atom. The second-order valence-electron chi connectivity index (χ2n) is 9.10. The molecule has 2 N–H and O–H groups in total. The number of ketones is 2. The van der Waals surface area contributed by atoms with Crippen LogP contribution in [0.1, 0.15) is 44.0 Å². The summed E-state index contributed by atoms with van der Waals surface area (Å²) < 4.78 is 13.0. The number of carbonyl (C=O) groups excluding carboxylic acids is 2. The maximum atomic E-state index is 13.6. The number of benzene rings is 1. The summed E-state index contributed by atoms with van der Waals surface area (Å²) >= 11 is 0. The molecule has 6 nitrogen and oxygen atoms in total. The van der Waals surface area contributed by atoms with E-state index in [-0.39, 0.29) is 47.6 Å². The molecular weight excluding hydrogens is 372 g/mol. The Hall–Kier alpha value is -2.44. The molecule has 3 aliphatic carbocycles. The van der Waals surface area contributed by atoms with Gasteiger partial charge in [-0.15, -0.1) is 0 Å². The van der Waals surface area contributed by atoms with E-state index in [9.17, 15) is 19.8 Å². The van der Waals surface area contributed by atoms with Gasteiger partial charge in [0.05, 0.1) is 12.2 Å². The molecule has 1 aromatic carbocycles. The Morgan fingerprint density at radius 1 is 1.31 bits per heavy atom. The average molecular weight is 396 g/mol. The van der Waals surface area contributed by atoms with Gasteiger partial charge in [0.15, 0.2) is 22.8 Å².